The van der Waals surface area contributed by atoms with Crippen LogP contribution in [-0.2, 0) is 6.54 Å². The van der Waals surface area contributed by atoms with Gasteiger partial charge in [0.15, 0.2) is 5.82 Å². The van der Waals surface area contributed by atoms with E-state index in [4.69, 9.17) is 0 Å². The van der Waals surface area contributed by atoms with Gasteiger partial charge in [-0.3, -0.25) is 4.98 Å². The maximum Gasteiger partial charge on any atom is 0.180 e. The van der Waals surface area contributed by atoms with Gasteiger partial charge in [0.05, 0.1) is 16.9 Å². The summed E-state index contributed by atoms with van der Waals surface area (Å²) in [7, 11) is 0. The Hall–Kier alpha value is -4.39. The van der Waals surface area contributed by atoms with E-state index in [2.05, 4.69) is 66.2 Å². The maximum atomic E-state index is 4.65. The van der Waals surface area contributed by atoms with Crippen LogP contribution in [0.3, 0.4) is 0 Å². The van der Waals surface area contributed by atoms with Crippen molar-refractivity contribution in [3.05, 3.63) is 90.3 Å². The van der Waals surface area contributed by atoms with E-state index in [0.717, 1.165) is 39.1 Å². The Labute approximate surface area is 185 Å². The summed E-state index contributed by atoms with van der Waals surface area (Å²) in [4.78, 5) is 9.16. The Kier molecular flexibility index (Phi) is 5.36. The van der Waals surface area contributed by atoms with Crippen LogP contribution in [0.2, 0.25) is 0 Å². The third-order valence-electron chi connectivity index (χ3n) is 5.20. The zero-order valence-corrected chi connectivity index (χ0v) is 17.5. The van der Waals surface area contributed by atoms with Crippen LogP contribution in [0.15, 0.2) is 79.0 Å². The highest BCUT2D eigenvalue weighted by Crippen LogP contribution is 2.30. The third kappa shape index (κ3) is 3.96. The molecule has 2 aromatic carbocycles. The quantitative estimate of drug-likeness (QED) is 0.397. The molecule has 0 radical (unpaired) electrons. The fourth-order valence-corrected chi connectivity index (χ4v) is 3.69. The van der Waals surface area contributed by atoms with Crippen LogP contribution in [-0.4, -0.2) is 30.6 Å². The molecule has 0 aliphatic rings. The first-order valence-corrected chi connectivity index (χ1v) is 10.4. The number of rotatable bonds is 6. The normalized spacial score (nSPS) is 11.3. The van der Waals surface area contributed by atoms with Gasteiger partial charge in [-0.1, -0.05) is 54.6 Å². The van der Waals surface area contributed by atoms with Gasteiger partial charge in [0.25, 0.3) is 0 Å². The summed E-state index contributed by atoms with van der Waals surface area (Å²) in [5.41, 5.74) is 7.93. The lowest BCUT2D eigenvalue weighted by atomic mass is 9.98. The van der Waals surface area contributed by atoms with Gasteiger partial charge >= 0.3 is 0 Å². The maximum absolute atomic E-state index is 4.65. The lowest BCUT2D eigenvalue weighted by Crippen LogP contribution is -2.02. The number of fused-ring (bicyclic) bond motifs is 1. The average molecular weight is 419 g/mol. The van der Waals surface area contributed by atoms with E-state index in [9.17, 15) is 0 Å². The minimum absolute atomic E-state index is 0.653. The summed E-state index contributed by atoms with van der Waals surface area (Å²) in [6, 6.07) is 22.5. The zero-order chi connectivity index (χ0) is 21.8. The van der Waals surface area contributed by atoms with Gasteiger partial charge in [0.1, 0.15) is 5.52 Å². The Morgan fingerprint density at radius 2 is 1.81 bits per heavy atom. The molecule has 7 nitrogen and oxygen atoms in total. The van der Waals surface area contributed by atoms with Crippen LogP contribution in [0.1, 0.15) is 18.2 Å². The van der Waals surface area contributed by atoms with Crippen LogP contribution in [0, 0.1) is 0 Å². The van der Waals surface area contributed by atoms with Crippen LogP contribution in [0.5, 0.6) is 0 Å². The molecule has 5 rings (SSSR count). The number of nitrogens with zero attached hydrogens (tertiary/aromatic N) is 5. The van der Waals surface area contributed by atoms with Gasteiger partial charge in [-0.05, 0) is 58.3 Å². The predicted molar refractivity (Wildman–Crippen MR) is 127 cm³/mol. The van der Waals surface area contributed by atoms with E-state index < -0.39 is 0 Å². The van der Waals surface area contributed by atoms with Gasteiger partial charge in [0.2, 0.25) is 0 Å². The number of hydrogen-bond acceptors (Lipinski definition) is 6. The molecule has 0 saturated heterocycles. The summed E-state index contributed by atoms with van der Waals surface area (Å²) in [5, 5.41) is 17.8. The first-order valence-electron chi connectivity index (χ1n) is 10.4. The minimum Gasteiger partial charge on any atom is -0.379 e. The molecule has 0 aliphatic heterocycles. The van der Waals surface area contributed by atoms with Gasteiger partial charge < -0.3 is 5.32 Å². The van der Waals surface area contributed by atoms with Crippen molar-refractivity contribution in [2.24, 2.45) is 0 Å². The molecule has 7 heteroatoms. The lowest BCUT2D eigenvalue weighted by molar-refractivity contribution is 0.881. The molecule has 156 valence electrons. The van der Waals surface area contributed by atoms with E-state index in [0.29, 0.717) is 12.4 Å². The second kappa shape index (κ2) is 8.77. The number of anilines is 1. The molecule has 0 bridgehead atoms. The molecule has 0 saturated carbocycles. The van der Waals surface area contributed by atoms with Gasteiger partial charge in [-0.2, -0.15) is 0 Å². The third-order valence-corrected chi connectivity index (χ3v) is 5.20. The van der Waals surface area contributed by atoms with Crippen LogP contribution >= 0.6 is 0 Å². The molecule has 0 aliphatic carbocycles. The standard InChI is InChI=1S/C25H21N7/c1-2-6-19-15-23(24-22(28-19)9-5-14-26-24)27-16-17-10-12-18(13-11-17)20-7-3-4-8-21(20)25-29-31-32-30-25/h2-15H,16H2,1H3,(H,27,28)(H,29,30,31,32). The Morgan fingerprint density at radius 3 is 2.59 bits per heavy atom. The van der Waals surface area contributed by atoms with E-state index in [1.807, 2.05) is 55.5 Å². The first-order chi connectivity index (χ1) is 15.8. The van der Waals surface area contributed by atoms with E-state index in [1.165, 1.54) is 5.56 Å². The second-order valence-electron chi connectivity index (χ2n) is 7.31. The van der Waals surface area contributed by atoms with Gasteiger partial charge in [-0.15, -0.1) is 5.10 Å². The number of aromatic amines is 1. The number of benzene rings is 2. The molecular formula is C25H21N7. The summed E-state index contributed by atoms with van der Waals surface area (Å²) < 4.78 is 0. The van der Waals surface area contributed by atoms with Crippen molar-refractivity contribution in [3.63, 3.8) is 0 Å². The molecule has 5 aromatic rings. The molecular weight excluding hydrogens is 398 g/mol. The van der Waals surface area contributed by atoms with Crippen molar-refractivity contribution in [3.8, 4) is 22.5 Å². The Balaban J connectivity index is 1.39. The highest BCUT2D eigenvalue weighted by molar-refractivity contribution is 5.88. The highest BCUT2D eigenvalue weighted by atomic mass is 15.5. The van der Waals surface area contributed by atoms with Crippen molar-refractivity contribution in [2.75, 3.05) is 5.32 Å². The number of aromatic nitrogens is 6. The zero-order valence-electron chi connectivity index (χ0n) is 17.5. The molecule has 0 unspecified atom stereocenters. The highest BCUT2D eigenvalue weighted by Gasteiger charge is 2.10. The number of tetrazole rings is 1. The number of hydrogen-bond donors (Lipinski definition) is 2. The number of nitrogens with one attached hydrogen (secondary N) is 2. The number of allylic oxidation sites excluding steroid dienone is 1. The fraction of sp³-hybridized carbons (Fsp3) is 0.0800. The predicted octanol–water partition coefficient (Wildman–Crippen LogP) is 5.12. The van der Waals surface area contributed by atoms with Gasteiger partial charge in [-0.25, -0.2) is 10.1 Å². The summed E-state index contributed by atoms with van der Waals surface area (Å²) in [6.45, 7) is 2.67. The topological polar surface area (TPSA) is 92.3 Å². The smallest absolute Gasteiger partial charge is 0.180 e. The van der Waals surface area contributed by atoms with E-state index in [1.54, 1.807) is 6.20 Å². The molecule has 3 heterocycles. The first kappa shape index (κ1) is 19.6. The van der Waals surface area contributed by atoms with E-state index in [-0.39, 0.29) is 0 Å². The number of H-pyrrole nitrogens is 1. The summed E-state index contributed by atoms with van der Waals surface area (Å²) in [6.07, 6.45) is 5.77. The van der Waals surface area contributed by atoms with E-state index >= 15 is 0 Å². The molecule has 0 atom stereocenters. The Bertz CT molecular complexity index is 1370. The molecule has 0 fully saturated rings. The van der Waals surface area contributed by atoms with Crippen LogP contribution < -0.4 is 5.32 Å². The molecule has 0 amide bonds. The average Bonchev–Trinajstić information content (AvgIpc) is 3.38. The molecule has 32 heavy (non-hydrogen) atoms. The molecule has 3 aromatic heterocycles. The van der Waals surface area contributed by atoms with Crippen molar-refractivity contribution in [1.29, 1.82) is 0 Å². The second-order valence-corrected chi connectivity index (χ2v) is 7.31. The van der Waals surface area contributed by atoms with Crippen LogP contribution in [0.25, 0.3) is 39.6 Å². The van der Waals surface area contributed by atoms with Crippen LogP contribution in [0.4, 0.5) is 5.69 Å². The lowest BCUT2D eigenvalue weighted by Gasteiger charge is -2.11. The fourth-order valence-electron chi connectivity index (χ4n) is 3.69. The number of pyridine rings is 2. The van der Waals surface area contributed by atoms with Gasteiger partial charge in [0, 0.05) is 18.3 Å². The van der Waals surface area contributed by atoms with Crippen molar-refractivity contribution >= 4 is 22.8 Å². The van der Waals surface area contributed by atoms with Crippen molar-refractivity contribution in [2.45, 2.75) is 13.5 Å². The summed E-state index contributed by atoms with van der Waals surface area (Å²) >= 11 is 0. The Morgan fingerprint density at radius 1 is 0.969 bits per heavy atom. The SMILES string of the molecule is CC=Cc1cc(NCc2ccc(-c3ccccc3-c3nnn[nH]3)cc2)c2ncccc2n1. The molecule has 2 N–H and O–H groups in total. The monoisotopic (exact) mass is 419 g/mol. The van der Waals surface area contributed by atoms with Crippen molar-refractivity contribution < 1.29 is 0 Å². The molecule has 0 spiro atoms. The van der Waals surface area contributed by atoms with Crippen molar-refractivity contribution in [1.82, 2.24) is 30.6 Å². The largest absolute Gasteiger partial charge is 0.379 e. The minimum atomic E-state index is 0.653. The summed E-state index contributed by atoms with van der Waals surface area (Å²) in [5.74, 6) is 0.653.